The van der Waals surface area contributed by atoms with Crippen molar-refractivity contribution in [1.29, 1.82) is 0 Å². The molecule has 21 N–H and O–H groups in total. The van der Waals surface area contributed by atoms with E-state index in [-0.39, 0.29) is 76.0 Å². The predicted molar refractivity (Wildman–Crippen MR) is 237 cm³/mol. The van der Waals surface area contributed by atoms with Crippen LogP contribution in [-0.4, -0.2) is 119 Å². The first-order valence-corrected chi connectivity index (χ1v) is 20.4. The minimum atomic E-state index is -1.33. The summed E-state index contributed by atoms with van der Waals surface area (Å²) in [5.41, 5.74) is 40.3. The maximum Gasteiger partial charge on any atom is 0.326 e. The lowest BCUT2D eigenvalue weighted by molar-refractivity contribution is -0.144. The molecule has 1 heterocycles. The highest BCUT2D eigenvalue weighted by Crippen LogP contribution is 2.20. The zero-order valence-corrected chi connectivity index (χ0v) is 35.9. The van der Waals surface area contributed by atoms with Gasteiger partial charge in [-0.1, -0.05) is 45.9 Å². The second kappa shape index (κ2) is 25.9. The molecule has 0 saturated heterocycles. The van der Waals surface area contributed by atoms with Gasteiger partial charge in [-0.3, -0.25) is 38.9 Å². The predicted octanol–water partition coefficient (Wildman–Crippen LogP) is -2.98. The summed E-state index contributed by atoms with van der Waals surface area (Å²) < 4.78 is 0. The van der Waals surface area contributed by atoms with Crippen molar-refractivity contribution >= 4 is 64.3 Å². The molecule has 2 aromatic rings. The number of carbonyl (C=O) groups is 6. The Morgan fingerprint density at radius 3 is 1.53 bits per heavy atom. The smallest absolute Gasteiger partial charge is 0.326 e. The number of aromatic nitrogens is 1. The molecule has 0 spiro atoms. The molecular weight excluding hydrogens is 805 g/mol. The van der Waals surface area contributed by atoms with Gasteiger partial charge >= 0.3 is 5.97 Å². The molecule has 0 unspecified atom stereocenters. The van der Waals surface area contributed by atoms with Gasteiger partial charge < -0.3 is 76.8 Å². The molecule has 23 nitrogen and oxygen atoms in total. The summed E-state index contributed by atoms with van der Waals surface area (Å²) in [4.78, 5) is 96.1. The molecule has 23 heteroatoms. The van der Waals surface area contributed by atoms with E-state index in [1.807, 2.05) is 24.3 Å². The molecule has 0 aliphatic heterocycles. The monoisotopic (exact) mass is 871 g/mol. The Kier molecular flexibility index (Phi) is 21.5. The average Bonchev–Trinajstić information content (AvgIpc) is 3.60. The van der Waals surface area contributed by atoms with E-state index >= 15 is 0 Å². The summed E-state index contributed by atoms with van der Waals surface area (Å²) in [5.74, 6) is -6.30. The summed E-state index contributed by atoms with van der Waals surface area (Å²) >= 11 is 0. The van der Waals surface area contributed by atoms with Crippen LogP contribution in [0.15, 0.2) is 45.4 Å². The third kappa shape index (κ3) is 17.9. The largest absolute Gasteiger partial charge is 0.480 e. The quantitative estimate of drug-likeness (QED) is 0.0242. The number of carboxylic acid groups (broad SMARTS) is 1. The lowest BCUT2D eigenvalue weighted by Gasteiger charge is -2.28. The van der Waals surface area contributed by atoms with E-state index in [1.165, 1.54) is 0 Å². The number of benzene rings is 1. The van der Waals surface area contributed by atoms with E-state index < -0.39 is 83.6 Å². The summed E-state index contributed by atoms with van der Waals surface area (Å²) in [5, 5.41) is 23.8. The van der Waals surface area contributed by atoms with Crippen LogP contribution in [0.2, 0.25) is 0 Å². The second-order valence-electron chi connectivity index (χ2n) is 15.5. The zero-order valence-electron chi connectivity index (χ0n) is 35.9. The number of H-pyrrole nitrogens is 1. The molecule has 0 aliphatic rings. The van der Waals surface area contributed by atoms with Gasteiger partial charge in [-0.15, -0.1) is 0 Å². The van der Waals surface area contributed by atoms with Crippen molar-refractivity contribution in [3.8, 4) is 0 Å². The summed E-state index contributed by atoms with van der Waals surface area (Å²) in [6.45, 7) is 7.06. The number of rotatable bonds is 27. The summed E-state index contributed by atoms with van der Waals surface area (Å²) in [6.07, 6.45) is 2.70. The third-order valence-electron chi connectivity index (χ3n) is 9.67. The normalized spacial score (nSPS) is 14.0. The van der Waals surface area contributed by atoms with Crippen molar-refractivity contribution in [3.63, 3.8) is 0 Å². The Labute approximate surface area is 360 Å². The number of nitrogens with one attached hydrogen (secondary N) is 6. The van der Waals surface area contributed by atoms with Gasteiger partial charge in [0.25, 0.3) is 0 Å². The fourth-order valence-corrected chi connectivity index (χ4v) is 6.29. The highest BCUT2D eigenvalue weighted by molar-refractivity contribution is 5.97. The van der Waals surface area contributed by atoms with Gasteiger partial charge in [0.2, 0.25) is 29.5 Å². The molecule has 0 bridgehead atoms. The van der Waals surface area contributed by atoms with Crippen LogP contribution >= 0.6 is 0 Å². The lowest BCUT2D eigenvalue weighted by Crippen LogP contribution is -2.60. The van der Waals surface area contributed by atoms with E-state index in [0.717, 1.165) is 10.9 Å². The number of amides is 5. The molecule has 0 radical (unpaired) electrons. The number of aliphatic carboxylic acids is 1. The van der Waals surface area contributed by atoms with Gasteiger partial charge in [-0.25, -0.2) is 4.79 Å². The lowest BCUT2D eigenvalue weighted by atomic mass is 9.99. The minimum absolute atomic E-state index is 0.0111. The van der Waals surface area contributed by atoms with Crippen LogP contribution in [0.25, 0.3) is 10.9 Å². The maximum atomic E-state index is 14.4. The minimum Gasteiger partial charge on any atom is -0.480 e. The van der Waals surface area contributed by atoms with Crippen LogP contribution in [-0.2, 0) is 35.2 Å². The number of hydrogen-bond acceptors (Lipinski definition) is 10. The van der Waals surface area contributed by atoms with Crippen LogP contribution < -0.4 is 66.7 Å². The molecule has 1 aromatic carbocycles. The molecule has 0 fully saturated rings. The van der Waals surface area contributed by atoms with Gasteiger partial charge in [0, 0.05) is 43.2 Å². The van der Waals surface area contributed by atoms with Crippen molar-refractivity contribution in [2.75, 3.05) is 19.6 Å². The van der Waals surface area contributed by atoms with Crippen LogP contribution in [0.5, 0.6) is 0 Å². The van der Waals surface area contributed by atoms with E-state index in [2.05, 4.69) is 46.5 Å². The van der Waals surface area contributed by atoms with Crippen molar-refractivity contribution in [3.05, 3.63) is 36.0 Å². The fraction of sp³-hybridized carbons (Fsp3) is 0.564. The number of carbonyl (C=O) groups excluding carboxylic acids is 5. The van der Waals surface area contributed by atoms with Gasteiger partial charge in [-0.05, 0) is 62.0 Å². The van der Waals surface area contributed by atoms with Crippen LogP contribution in [0.4, 0.5) is 0 Å². The number of aromatic amines is 1. The maximum absolute atomic E-state index is 14.4. The van der Waals surface area contributed by atoms with Gasteiger partial charge in [-0.2, -0.15) is 0 Å². The Balaban J connectivity index is 2.50. The Bertz CT molecular complexity index is 1900. The van der Waals surface area contributed by atoms with E-state index in [4.69, 9.17) is 40.1 Å². The zero-order chi connectivity index (χ0) is 46.5. The molecular formula is C39H66N16O7. The van der Waals surface area contributed by atoms with Crippen LogP contribution in [0.1, 0.15) is 71.8 Å². The van der Waals surface area contributed by atoms with Gasteiger partial charge in [0.1, 0.15) is 30.2 Å². The number of hydrogen-bond donors (Lipinski definition) is 14. The molecule has 5 amide bonds. The van der Waals surface area contributed by atoms with Gasteiger partial charge in [0.15, 0.2) is 17.9 Å². The Morgan fingerprint density at radius 2 is 1.03 bits per heavy atom. The average molecular weight is 871 g/mol. The first kappa shape index (κ1) is 51.5. The first-order valence-electron chi connectivity index (χ1n) is 20.4. The highest BCUT2D eigenvalue weighted by Gasteiger charge is 2.34. The first-order chi connectivity index (χ1) is 29.2. The standard InChI is InChI=1S/C39H66N16O7/c1-20(2)29(35(60)55-30(21(3)4)36(61)62)54-33(58)27(14-9-17-49-39(45)46)52-34(59)28(18-22-19-50-25-12-6-5-10-23(22)25)53-32(57)26(13-8-16-48-38(43)44)51-31(56)24(40)11-7-15-47-37(41)42/h5-6,10,12,19-21,24,26-30,50H,7-9,11,13-18,40H2,1-4H3,(H,51,56)(H,52,59)(H,53,57)(H,54,58)(H,55,60)(H,61,62)(H4,41,42,47)(H4,43,44,48)(H4,45,46,49)/t24-,26-,27-,28-,29-,30-/m0/s1. The SMILES string of the molecule is CC(C)[C@H](NC(=O)[C@@H](NC(=O)[C@H](CCCN=C(N)N)NC(=O)[C@H](Cc1c[nH]c2ccccc12)NC(=O)[C@H](CCCN=C(N)N)NC(=O)[C@@H](N)CCCN=C(N)N)C(C)C)C(=O)O. The molecule has 6 atom stereocenters. The van der Waals surface area contributed by atoms with Crippen molar-refractivity contribution in [2.24, 2.45) is 66.9 Å². The molecule has 0 saturated carbocycles. The molecule has 62 heavy (non-hydrogen) atoms. The number of aliphatic imine (C=N–C) groups is 3. The van der Waals surface area contributed by atoms with Crippen molar-refractivity contribution in [2.45, 2.75) is 109 Å². The second-order valence-corrected chi connectivity index (χ2v) is 15.5. The van der Waals surface area contributed by atoms with Crippen molar-refractivity contribution in [1.82, 2.24) is 31.6 Å². The molecule has 1 aromatic heterocycles. The Morgan fingerprint density at radius 1 is 0.597 bits per heavy atom. The van der Waals surface area contributed by atoms with Crippen LogP contribution in [0.3, 0.4) is 0 Å². The number of para-hydroxylation sites is 1. The number of nitrogens with two attached hydrogens (primary N) is 7. The Hall–Kier alpha value is -6.65. The fourth-order valence-electron chi connectivity index (χ4n) is 6.29. The van der Waals surface area contributed by atoms with Gasteiger partial charge in [0.05, 0.1) is 6.04 Å². The summed E-state index contributed by atoms with van der Waals surface area (Å²) in [6, 6.07) is 0.0513. The summed E-state index contributed by atoms with van der Waals surface area (Å²) in [7, 11) is 0. The topological polar surface area (TPSA) is 418 Å². The van der Waals surface area contributed by atoms with Crippen LogP contribution in [0, 0.1) is 11.8 Å². The molecule has 0 aliphatic carbocycles. The number of nitrogens with zero attached hydrogens (tertiary/aromatic N) is 3. The van der Waals surface area contributed by atoms with E-state index in [9.17, 15) is 33.9 Å². The molecule has 2 rings (SSSR count). The third-order valence-corrected chi connectivity index (χ3v) is 9.67. The van der Waals surface area contributed by atoms with Crippen molar-refractivity contribution < 1.29 is 33.9 Å². The number of carboxylic acids is 1. The number of guanidine groups is 3. The van der Waals surface area contributed by atoms with E-state index in [0.29, 0.717) is 12.0 Å². The highest BCUT2D eigenvalue weighted by atomic mass is 16.4. The van der Waals surface area contributed by atoms with E-state index in [1.54, 1.807) is 33.9 Å². The number of fused-ring (bicyclic) bond motifs is 1. The molecule has 344 valence electrons.